The van der Waals surface area contributed by atoms with E-state index < -0.39 is 11.8 Å². The minimum Gasteiger partial charge on any atom is -0.484 e. The van der Waals surface area contributed by atoms with Crippen molar-refractivity contribution in [1.29, 1.82) is 0 Å². The fourth-order valence-corrected chi connectivity index (χ4v) is 2.13. The summed E-state index contributed by atoms with van der Waals surface area (Å²) in [5, 5.41) is 0.603. The minimum absolute atomic E-state index is 0.166. The van der Waals surface area contributed by atoms with Crippen LogP contribution in [0.25, 0.3) is 0 Å². The first-order valence-corrected chi connectivity index (χ1v) is 7.45. The maximum atomic E-state index is 11.9. The highest BCUT2D eigenvalue weighted by molar-refractivity contribution is 6.35. The molecule has 0 unspecified atom stereocenters. The summed E-state index contributed by atoms with van der Waals surface area (Å²) in [4.78, 5) is 23.6. The summed E-state index contributed by atoms with van der Waals surface area (Å²) in [5.41, 5.74) is 5.69. The van der Waals surface area contributed by atoms with E-state index in [2.05, 4.69) is 10.9 Å². The number of ether oxygens (including phenoxy) is 1. The second kappa shape index (κ2) is 7.85. The van der Waals surface area contributed by atoms with E-state index in [1.165, 1.54) is 12.1 Å². The van der Waals surface area contributed by atoms with Gasteiger partial charge < -0.3 is 4.74 Å². The Morgan fingerprint density at radius 1 is 1.09 bits per heavy atom. The van der Waals surface area contributed by atoms with Crippen LogP contribution >= 0.6 is 23.2 Å². The van der Waals surface area contributed by atoms with E-state index in [-0.39, 0.29) is 17.2 Å². The molecule has 2 rings (SSSR count). The van der Waals surface area contributed by atoms with Crippen LogP contribution in [0.2, 0.25) is 10.0 Å². The van der Waals surface area contributed by atoms with Gasteiger partial charge in [0.2, 0.25) is 0 Å². The topological polar surface area (TPSA) is 67.4 Å². The molecule has 5 nitrogen and oxygen atoms in total. The number of amides is 2. The Morgan fingerprint density at radius 2 is 1.87 bits per heavy atom. The summed E-state index contributed by atoms with van der Waals surface area (Å²) in [6, 6.07) is 11.8. The van der Waals surface area contributed by atoms with Crippen LogP contribution in [-0.2, 0) is 4.79 Å². The molecular weight excluding hydrogens is 339 g/mol. The fraction of sp³-hybridized carbons (Fsp3) is 0.125. The zero-order valence-electron chi connectivity index (χ0n) is 12.2. The molecule has 0 saturated heterocycles. The summed E-state index contributed by atoms with van der Waals surface area (Å²) in [6.45, 7) is 1.69. The number of rotatable bonds is 4. The number of nitrogens with one attached hydrogen (secondary N) is 2. The van der Waals surface area contributed by atoms with Crippen LogP contribution in [0.4, 0.5) is 0 Å². The van der Waals surface area contributed by atoms with E-state index in [0.717, 1.165) is 5.56 Å². The fourth-order valence-electron chi connectivity index (χ4n) is 1.76. The summed E-state index contributed by atoms with van der Waals surface area (Å²) in [6.07, 6.45) is 0. The van der Waals surface area contributed by atoms with Gasteiger partial charge in [-0.1, -0.05) is 35.3 Å². The molecule has 0 aliphatic heterocycles. The van der Waals surface area contributed by atoms with Crippen LogP contribution < -0.4 is 15.6 Å². The molecule has 0 saturated carbocycles. The Labute approximate surface area is 143 Å². The predicted molar refractivity (Wildman–Crippen MR) is 88.7 cm³/mol. The first-order valence-electron chi connectivity index (χ1n) is 6.69. The van der Waals surface area contributed by atoms with Crippen molar-refractivity contribution in [3.8, 4) is 5.75 Å². The molecule has 0 bridgehead atoms. The normalized spacial score (nSPS) is 10.0. The maximum Gasteiger partial charge on any atom is 0.276 e. The maximum absolute atomic E-state index is 11.9. The van der Waals surface area contributed by atoms with Gasteiger partial charge in [-0.15, -0.1) is 0 Å². The van der Waals surface area contributed by atoms with Crippen LogP contribution in [0.3, 0.4) is 0 Å². The lowest BCUT2D eigenvalue weighted by atomic mass is 10.2. The number of hydrogen-bond acceptors (Lipinski definition) is 3. The van der Waals surface area contributed by atoms with Gasteiger partial charge in [-0.05, 0) is 42.8 Å². The van der Waals surface area contributed by atoms with Crippen molar-refractivity contribution in [3.05, 3.63) is 63.6 Å². The molecule has 120 valence electrons. The third-order valence-corrected chi connectivity index (χ3v) is 3.41. The number of halogens is 2. The molecule has 0 heterocycles. The van der Waals surface area contributed by atoms with Crippen LogP contribution in [0.15, 0.2) is 42.5 Å². The van der Waals surface area contributed by atoms with Crippen molar-refractivity contribution in [2.24, 2.45) is 0 Å². The lowest BCUT2D eigenvalue weighted by molar-refractivity contribution is -0.123. The van der Waals surface area contributed by atoms with Gasteiger partial charge in [0.15, 0.2) is 6.61 Å². The third kappa shape index (κ3) is 5.16. The monoisotopic (exact) mass is 352 g/mol. The van der Waals surface area contributed by atoms with Crippen molar-refractivity contribution in [2.45, 2.75) is 6.92 Å². The van der Waals surface area contributed by atoms with Crippen LogP contribution in [0, 0.1) is 6.92 Å². The highest BCUT2D eigenvalue weighted by Crippen LogP contribution is 2.20. The molecule has 23 heavy (non-hydrogen) atoms. The zero-order valence-corrected chi connectivity index (χ0v) is 13.7. The quantitative estimate of drug-likeness (QED) is 0.830. The predicted octanol–water partition coefficient (Wildman–Crippen LogP) is 3.14. The molecule has 2 aromatic carbocycles. The molecule has 0 aliphatic carbocycles. The molecule has 0 aromatic heterocycles. The second-order valence-electron chi connectivity index (χ2n) is 4.73. The number of carbonyl (C=O) groups is 2. The molecule has 0 spiro atoms. The van der Waals surface area contributed by atoms with E-state index in [1.807, 2.05) is 19.1 Å². The number of hydrazine groups is 1. The van der Waals surface area contributed by atoms with E-state index >= 15 is 0 Å². The van der Waals surface area contributed by atoms with Crippen LogP contribution in [0.5, 0.6) is 5.75 Å². The van der Waals surface area contributed by atoms with Gasteiger partial charge in [0, 0.05) is 5.02 Å². The molecule has 0 radical (unpaired) electrons. The molecule has 2 amide bonds. The Bertz CT molecular complexity index is 735. The van der Waals surface area contributed by atoms with Crippen molar-refractivity contribution in [3.63, 3.8) is 0 Å². The molecular formula is C16H14Cl2N2O3. The van der Waals surface area contributed by atoms with E-state index in [1.54, 1.807) is 18.2 Å². The molecule has 0 atom stereocenters. The molecule has 7 heteroatoms. The third-order valence-electron chi connectivity index (χ3n) is 2.85. The van der Waals surface area contributed by atoms with Crippen LogP contribution in [0.1, 0.15) is 15.9 Å². The van der Waals surface area contributed by atoms with Crippen molar-refractivity contribution in [1.82, 2.24) is 10.9 Å². The summed E-state index contributed by atoms with van der Waals surface area (Å²) < 4.78 is 5.32. The number of carbonyl (C=O) groups excluding carboxylic acids is 2. The highest BCUT2D eigenvalue weighted by atomic mass is 35.5. The van der Waals surface area contributed by atoms with Crippen molar-refractivity contribution >= 4 is 35.0 Å². The number of hydrogen-bond donors (Lipinski definition) is 2. The molecule has 0 fully saturated rings. The Balaban J connectivity index is 1.84. The Morgan fingerprint density at radius 3 is 2.61 bits per heavy atom. The second-order valence-corrected chi connectivity index (χ2v) is 5.58. The minimum atomic E-state index is -0.568. The lowest BCUT2D eigenvalue weighted by Crippen LogP contribution is -2.43. The zero-order chi connectivity index (χ0) is 16.8. The van der Waals surface area contributed by atoms with E-state index in [0.29, 0.717) is 10.8 Å². The molecule has 2 N–H and O–H groups in total. The van der Waals surface area contributed by atoms with Gasteiger partial charge in [0.1, 0.15) is 5.75 Å². The smallest absolute Gasteiger partial charge is 0.276 e. The van der Waals surface area contributed by atoms with Gasteiger partial charge in [-0.2, -0.15) is 0 Å². The van der Waals surface area contributed by atoms with Gasteiger partial charge in [-0.3, -0.25) is 20.4 Å². The number of aryl methyl sites for hydroxylation is 1. The molecule has 0 aliphatic rings. The Kier molecular flexibility index (Phi) is 5.84. The largest absolute Gasteiger partial charge is 0.484 e. The first kappa shape index (κ1) is 17.1. The van der Waals surface area contributed by atoms with Crippen molar-refractivity contribution in [2.75, 3.05) is 6.61 Å². The van der Waals surface area contributed by atoms with Crippen molar-refractivity contribution < 1.29 is 14.3 Å². The summed E-state index contributed by atoms with van der Waals surface area (Å²) >= 11 is 11.7. The molecule has 2 aromatic rings. The first-order chi connectivity index (χ1) is 11.0. The summed E-state index contributed by atoms with van der Waals surface area (Å²) in [7, 11) is 0. The SMILES string of the molecule is Cc1cccc(OCC(=O)NNC(=O)c2cc(Cl)ccc2Cl)c1. The van der Waals surface area contributed by atoms with E-state index in [9.17, 15) is 9.59 Å². The standard InChI is InChI=1S/C16H14Cl2N2O3/c1-10-3-2-4-12(7-10)23-9-15(21)19-20-16(22)13-8-11(17)5-6-14(13)18/h2-8H,9H2,1H3,(H,19,21)(H,20,22). The highest BCUT2D eigenvalue weighted by Gasteiger charge is 2.12. The lowest BCUT2D eigenvalue weighted by Gasteiger charge is -2.10. The van der Waals surface area contributed by atoms with Gasteiger partial charge >= 0.3 is 0 Å². The van der Waals surface area contributed by atoms with Gasteiger partial charge in [0.05, 0.1) is 10.6 Å². The van der Waals surface area contributed by atoms with Gasteiger partial charge in [-0.25, -0.2) is 0 Å². The van der Waals surface area contributed by atoms with E-state index in [4.69, 9.17) is 27.9 Å². The van der Waals surface area contributed by atoms with Gasteiger partial charge in [0.25, 0.3) is 11.8 Å². The Hall–Kier alpha value is -2.24. The number of benzene rings is 2. The summed E-state index contributed by atoms with van der Waals surface area (Å²) in [5.74, 6) is -0.497. The average Bonchev–Trinajstić information content (AvgIpc) is 2.53. The average molecular weight is 353 g/mol. The van der Waals surface area contributed by atoms with Crippen LogP contribution in [-0.4, -0.2) is 18.4 Å².